The van der Waals surface area contributed by atoms with Crippen LogP contribution in [0.4, 0.5) is 4.39 Å². The van der Waals surface area contributed by atoms with E-state index in [1.165, 1.54) is 0 Å². The molecule has 1 rings (SSSR count). The zero-order valence-electron chi connectivity index (χ0n) is 10.8. The molecule has 2 radical (unpaired) electrons. The first-order chi connectivity index (χ1) is 7.33. The van der Waals surface area contributed by atoms with Crippen LogP contribution in [0.3, 0.4) is 0 Å². The van der Waals surface area contributed by atoms with Gasteiger partial charge in [-0.05, 0) is 45.0 Å². The van der Waals surface area contributed by atoms with Crippen molar-refractivity contribution >= 4 is 7.85 Å². The number of rotatable bonds is 4. The van der Waals surface area contributed by atoms with Crippen LogP contribution >= 0.6 is 0 Å². The van der Waals surface area contributed by atoms with Crippen molar-refractivity contribution in [3.8, 4) is 0 Å². The van der Waals surface area contributed by atoms with E-state index in [4.69, 9.17) is 7.85 Å². The van der Waals surface area contributed by atoms with Gasteiger partial charge in [0.15, 0.2) is 0 Å². The second-order valence-corrected chi connectivity index (χ2v) is 5.56. The highest BCUT2D eigenvalue weighted by molar-refractivity contribution is 6.08. The minimum atomic E-state index is -1.02. The van der Waals surface area contributed by atoms with Crippen LogP contribution in [0.15, 0.2) is 12.2 Å². The first-order valence-corrected chi connectivity index (χ1v) is 6.16. The Bertz CT molecular complexity index is 251. The summed E-state index contributed by atoms with van der Waals surface area (Å²) in [7, 11) is 5.60. The Labute approximate surface area is 100 Å². The van der Waals surface area contributed by atoms with Crippen LogP contribution in [0.2, 0.25) is 0 Å². The minimum absolute atomic E-state index is 0.144. The Morgan fingerprint density at radius 3 is 2.25 bits per heavy atom. The fourth-order valence-corrected chi connectivity index (χ4v) is 2.56. The molecule has 16 heavy (non-hydrogen) atoms. The van der Waals surface area contributed by atoms with Crippen molar-refractivity contribution in [1.82, 2.24) is 5.32 Å². The molecular weight excluding hydrogens is 200 g/mol. The molecule has 1 aliphatic carbocycles. The van der Waals surface area contributed by atoms with Gasteiger partial charge in [-0.1, -0.05) is 26.0 Å². The van der Waals surface area contributed by atoms with Gasteiger partial charge in [-0.25, -0.2) is 4.39 Å². The third kappa shape index (κ3) is 2.88. The van der Waals surface area contributed by atoms with Crippen LogP contribution in [0.5, 0.6) is 0 Å². The molecule has 1 aliphatic rings. The lowest BCUT2D eigenvalue weighted by atomic mass is 9.69. The summed E-state index contributed by atoms with van der Waals surface area (Å²) < 4.78 is 13.8. The van der Waals surface area contributed by atoms with Crippen molar-refractivity contribution < 1.29 is 4.39 Å². The Balaban J connectivity index is 2.80. The molecule has 0 aromatic rings. The molecule has 0 aromatic carbocycles. The lowest BCUT2D eigenvalue weighted by Crippen LogP contribution is -2.52. The van der Waals surface area contributed by atoms with Gasteiger partial charge in [0.2, 0.25) is 0 Å². The number of hydrogen-bond acceptors (Lipinski definition) is 1. The van der Waals surface area contributed by atoms with E-state index in [1.807, 2.05) is 0 Å². The summed E-state index contributed by atoms with van der Waals surface area (Å²) in [5.41, 5.74) is -0.000554. The molecule has 0 amide bonds. The number of hydrogen-bond donors (Lipinski definition) is 1. The molecule has 0 saturated heterocycles. The maximum Gasteiger partial charge on any atom is 0.108 e. The SMILES string of the molecule is [B]CNC1(C(=C)C(C)C)CCC(C)(F)CC1. The van der Waals surface area contributed by atoms with Crippen molar-refractivity contribution in [2.75, 3.05) is 6.44 Å². The third-order valence-electron chi connectivity index (χ3n) is 3.90. The summed E-state index contributed by atoms with van der Waals surface area (Å²) in [6.07, 6.45) is 3.20. The van der Waals surface area contributed by atoms with Gasteiger partial charge in [-0.2, -0.15) is 0 Å². The van der Waals surface area contributed by atoms with E-state index in [-0.39, 0.29) is 5.54 Å². The van der Waals surface area contributed by atoms with E-state index in [0.717, 1.165) is 18.4 Å². The molecule has 1 nitrogen and oxygen atoms in total. The van der Waals surface area contributed by atoms with Gasteiger partial charge in [-0.3, -0.25) is 0 Å². The minimum Gasteiger partial charge on any atom is -0.317 e. The molecule has 0 unspecified atom stereocenters. The molecule has 0 aliphatic heterocycles. The molecule has 0 heterocycles. The lowest BCUT2D eigenvalue weighted by molar-refractivity contribution is 0.0875. The summed E-state index contributed by atoms with van der Waals surface area (Å²) in [4.78, 5) is 0. The van der Waals surface area contributed by atoms with Gasteiger partial charge in [0, 0.05) is 5.54 Å². The fraction of sp³-hybridized carbons (Fsp3) is 0.846. The predicted molar refractivity (Wildman–Crippen MR) is 68.4 cm³/mol. The molecule has 3 heteroatoms. The molecule has 1 N–H and O–H groups in total. The molecule has 0 aromatic heterocycles. The zero-order valence-corrected chi connectivity index (χ0v) is 10.8. The standard InChI is InChI=1S/C13H23BFN/c1-10(2)11(3)13(16-9-14)7-5-12(4,15)6-8-13/h10,16H,3,5-9H2,1-2,4H3. The molecule has 0 atom stereocenters. The highest BCUT2D eigenvalue weighted by atomic mass is 19.1. The Kier molecular flexibility index (Phi) is 4.22. The van der Waals surface area contributed by atoms with Crippen molar-refractivity contribution in [3.05, 3.63) is 12.2 Å². The van der Waals surface area contributed by atoms with Gasteiger partial charge < -0.3 is 5.32 Å². The number of nitrogens with one attached hydrogen (secondary N) is 1. The molecule has 90 valence electrons. The zero-order chi connectivity index (χ0) is 12.4. The van der Waals surface area contributed by atoms with Crippen molar-refractivity contribution in [2.45, 2.75) is 57.7 Å². The van der Waals surface area contributed by atoms with Gasteiger partial charge in [0.25, 0.3) is 0 Å². The van der Waals surface area contributed by atoms with Crippen LogP contribution in [0, 0.1) is 5.92 Å². The first-order valence-electron chi connectivity index (χ1n) is 6.16. The van der Waals surface area contributed by atoms with E-state index in [0.29, 0.717) is 25.2 Å². The largest absolute Gasteiger partial charge is 0.317 e. The molecular formula is C13H23BFN. The summed E-state index contributed by atoms with van der Waals surface area (Å²) >= 11 is 0. The number of alkyl halides is 1. The maximum atomic E-state index is 13.8. The van der Waals surface area contributed by atoms with Gasteiger partial charge in [-0.15, -0.1) is 0 Å². The monoisotopic (exact) mass is 223 g/mol. The average Bonchev–Trinajstić information content (AvgIpc) is 2.21. The van der Waals surface area contributed by atoms with E-state index >= 15 is 0 Å². The second kappa shape index (κ2) is 4.91. The quantitative estimate of drug-likeness (QED) is 0.570. The Morgan fingerprint density at radius 2 is 1.88 bits per heavy atom. The predicted octanol–water partition coefficient (Wildman–Crippen LogP) is 2.96. The van der Waals surface area contributed by atoms with E-state index in [9.17, 15) is 4.39 Å². The molecule has 0 spiro atoms. The highest BCUT2D eigenvalue weighted by Crippen LogP contribution is 2.42. The van der Waals surface area contributed by atoms with E-state index in [2.05, 4.69) is 25.7 Å². The molecule has 1 saturated carbocycles. The van der Waals surface area contributed by atoms with Gasteiger partial charge in [0.05, 0.1) is 7.85 Å². The molecule has 0 bridgehead atoms. The lowest BCUT2D eigenvalue weighted by Gasteiger charge is -2.45. The summed E-state index contributed by atoms with van der Waals surface area (Å²) in [5.74, 6) is 0.406. The summed E-state index contributed by atoms with van der Waals surface area (Å²) in [5, 5.41) is 3.33. The number of halogens is 1. The smallest absolute Gasteiger partial charge is 0.108 e. The fourth-order valence-electron chi connectivity index (χ4n) is 2.56. The second-order valence-electron chi connectivity index (χ2n) is 5.56. The highest BCUT2D eigenvalue weighted by Gasteiger charge is 2.42. The Hall–Kier alpha value is -0.305. The van der Waals surface area contributed by atoms with Crippen molar-refractivity contribution in [2.24, 2.45) is 5.92 Å². The van der Waals surface area contributed by atoms with Crippen molar-refractivity contribution in [1.29, 1.82) is 0 Å². The Morgan fingerprint density at radius 1 is 1.38 bits per heavy atom. The van der Waals surface area contributed by atoms with Gasteiger partial charge in [0.1, 0.15) is 5.67 Å². The molecule has 1 fully saturated rings. The summed E-state index contributed by atoms with van der Waals surface area (Å²) in [6, 6.07) is 0. The maximum absolute atomic E-state index is 13.8. The van der Waals surface area contributed by atoms with E-state index in [1.54, 1.807) is 6.92 Å². The topological polar surface area (TPSA) is 12.0 Å². The van der Waals surface area contributed by atoms with Gasteiger partial charge >= 0.3 is 0 Å². The third-order valence-corrected chi connectivity index (χ3v) is 3.90. The van der Waals surface area contributed by atoms with Crippen LogP contribution in [-0.2, 0) is 0 Å². The van der Waals surface area contributed by atoms with Crippen molar-refractivity contribution in [3.63, 3.8) is 0 Å². The van der Waals surface area contributed by atoms with Crippen LogP contribution in [0.25, 0.3) is 0 Å². The van der Waals surface area contributed by atoms with Crippen LogP contribution in [0.1, 0.15) is 46.5 Å². The van der Waals surface area contributed by atoms with Crippen LogP contribution < -0.4 is 5.32 Å². The average molecular weight is 223 g/mol. The first kappa shape index (κ1) is 13.8. The van der Waals surface area contributed by atoms with E-state index < -0.39 is 5.67 Å². The normalized spacial score (nSPS) is 35.3. The van der Waals surface area contributed by atoms with Crippen LogP contribution in [-0.4, -0.2) is 25.5 Å². The summed E-state index contributed by atoms with van der Waals surface area (Å²) in [6.45, 7) is 10.1.